The predicted octanol–water partition coefficient (Wildman–Crippen LogP) is 7.21. The molecule has 2 aromatic heterocycles. The van der Waals surface area contributed by atoms with Crippen LogP contribution in [0.3, 0.4) is 0 Å². The van der Waals surface area contributed by atoms with E-state index >= 15 is 0 Å². The molecule has 68 heavy (non-hydrogen) atoms. The number of carboxylic acids is 1. The zero-order valence-corrected chi connectivity index (χ0v) is 43.0. The Hall–Kier alpha value is -3.79. The van der Waals surface area contributed by atoms with Crippen molar-refractivity contribution in [1.82, 2.24) is 24.9 Å². The molecule has 0 atom stereocenters. The Kier molecular flexibility index (Phi) is 28.3. The van der Waals surface area contributed by atoms with Gasteiger partial charge in [0.05, 0.1) is 118 Å². The van der Waals surface area contributed by atoms with Crippen LogP contribution in [0.25, 0.3) is 44.4 Å². The van der Waals surface area contributed by atoms with Crippen LogP contribution in [0.2, 0.25) is 0 Å². The zero-order chi connectivity index (χ0) is 48.4. The summed E-state index contributed by atoms with van der Waals surface area (Å²) in [6.07, 6.45) is 7.76. The van der Waals surface area contributed by atoms with E-state index in [1.165, 1.54) is 11.1 Å². The zero-order valence-electron chi connectivity index (χ0n) is 40.8. The second-order valence-corrected chi connectivity index (χ2v) is 15.5. The third-order valence-electron chi connectivity index (χ3n) is 10.8. The number of methoxy groups -OCH3 is 2. The summed E-state index contributed by atoms with van der Waals surface area (Å²) in [7, 11) is 3.28. The largest absolute Gasteiger partial charge is 3.00 e. The van der Waals surface area contributed by atoms with Gasteiger partial charge in [-0.3, -0.25) is 14.8 Å². The third-order valence-corrected chi connectivity index (χ3v) is 10.8. The summed E-state index contributed by atoms with van der Waals surface area (Å²) in [6, 6.07) is 7.87. The minimum atomic E-state index is -0.833. The number of aliphatic hydroxyl groups excluding tert-OH is 2. The molecule has 4 heterocycles. The summed E-state index contributed by atoms with van der Waals surface area (Å²) in [4.78, 5) is 33.0. The quantitative estimate of drug-likeness (QED) is 0.0528. The van der Waals surface area contributed by atoms with E-state index in [0.717, 1.165) is 70.2 Å². The summed E-state index contributed by atoms with van der Waals surface area (Å²) in [6.45, 7) is 14.6. The number of aryl methyl sites for hydroxylation is 2. The van der Waals surface area contributed by atoms with Crippen molar-refractivity contribution in [3.8, 4) is 11.5 Å². The molecule has 2 aliphatic rings. The number of aromatic nitrogens is 5. The van der Waals surface area contributed by atoms with E-state index in [1.54, 1.807) is 20.4 Å². The van der Waals surface area contributed by atoms with Crippen molar-refractivity contribution >= 4 is 50.3 Å². The number of hydrogen-bond donors (Lipinski definition) is 4. The van der Waals surface area contributed by atoms with Crippen molar-refractivity contribution < 1.29 is 97.9 Å². The van der Waals surface area contributed by atoms with E-state index in [-0.39, 0.29) is 66.4 Å². The molecule has 1 aromatic carbocycles. The Balaban J connectivity index is 0.00000235. The number of nitrogens with zero attached hydrogens (tertiary/aromatic N) is 4. The van der Waals surface area contributed by atoms with Crippen LogP contribution in [0.1, 0.15) is 93.7 Å². The maximum atomic E-state index is 9.86. The third kappa shape index (κ3) is 18.5. The average molecular weight is 1090 g/mol. The molecule has 18 heteroatoms. The van der Waals surface area contributed by atoms with Crippen molar-refractivity contribution in [2.24, 2.45) is 0 Å². The number of benzene rings is 1. The van der Waals surface area contributed by atoms with Crippen LogP contribution in [0.15, 0.2) is 36.7 Å². The van der Waals surface area contributed by atoms with Crippen LogP contribution < -0.4 is 9.47 Å². The van der Waals surface area contributed by atoms with Gasteiger partial charge < -0.3 is 58.2 Å². The first kappa shape index (κ1) is 58.5. The van der Waals surface area contributed by atoms with Gasteiger partial charge in [0.1, 0.15) is 13.2 Å². The van der Waals surface area contributed by atoms with Crippen molar-refractivity contribution in [2.75, 3.05) is 107 Å². The molecule has 0 fully saturated rings. The first-order chi connectivity index (χ1) is 32.6. The number of allylic oxidation sites excluding steroid dienone is 4. The number of carboxylic acid groups (broad SMARTS) is 1. The molecular weight excluding hydrogens is 1020 g/mol. The molecule has 0 unspecified atom stereocenters. The maximum Gasteiger partial charge on any atom is 3.00 e. The van der Waals surface area contributed by atoms with E-state index in [4.69, 9.17) is 67.7 Å². The minimum absolute atomic E-state index is 0. The van der Waals surface area contributed by atoms with Gasteiger partial charge in [0, 0.05) is 52.0 Å². The number of aromatic amines is 1. The van der Waals surface area contributed by atoms with Gasteiger partial charge in [-0.15, -0.1) is 0 Å². The molecule has 0 spiro atoms. The second-order valence-electron chi connectivity index (χ2n) is 15.5. The van der Waals surface area contributed by atoms with Gasteiger partial charge >= 0.3 is 39.9 Å². The molecule has 1 radical (unpaired) electrons. The van der Waals surface area contributed by atoms with Crippen LogP contribution in [0, 0.1) is 46.9 Å². The van der Waals surface area contributed by atoms with Gasteiger partial charge in [-0.25, -0.2) is 9.97 Å². The van der Waals surface area contributed by atoms with Crippen LogP contribution >= 0.6 is 0 Å². The number of hydrogen-bond acceptors (Lipinski definition) is 15. The summed E-state index contributed by atoms with van der Waals surface area (Å²) in [5.41, 5.74) is 12.7. The Labute approximate surface area is 432 Å². The van der Waals surface area contributed by atoms with E-state index < -0.39 is 5.97 Å². The fourth-order valence-corrected chi connectivity index (χ4v) is 7.41. The van der Waals surface area contributed by atoms with E-state index in [9.17, 15) is 10.2 Å². The Morgan fingerprint density at radius 3 is 1.53 bits per heavy atom. The van der Waals surface area contributed by atoms with Gasteiger partial charge in [-0.1, -0.05) is 13.8 Å². The average Bonchev–Trinajstić information content (AvgIpc) is 3.91. The number of aliphatic hydroxyl groups is 2. The molecule has 0 aliphatic carbocycles. The summed E-state index contributed by atoms with van der Waals surface area (Å²) in [5.74, 6) is 0.105. The molecule has 0 amide bonds. The molecular formula is C50H71GdN5O12+3. The van der Waals surface area contributed by atoms with E-state index in [2.05, 4.69) is 37.9 Å². The Bertz CT molecular complexity index is 2300. The fourth-order valence-electron chi connectivity index (χ4n) is 7.41. The fraction of sp³-hybridized carbons (Fsp3) is 0.540. The standard InChI is InChI=1S/C48H67N5O10.C2H4O2.Gd/c1-7-35-36(8-2)40-28-42-38(12-10-14-55)34(4)46(53-42)32-50-44-30-48(63-26-24-61-22-20-59-18-16-57-6)47(62-25-23-60-21-19-58-17-15-56-5)29-43(44)49-31-45-33(3)37(11-9-13-54)41(52-45)27-39(35)51-40;1-2(3)4;/h27-32,52,54-55H,7-26H2,1-6H3;1H3,(H,3,4);/q;;+3. The number of rotatable bonds is 28. The molecule has 0 saturated carbocycles. The number of ether oxygens (including phenoxy) is 8. The van der Waals surface area contributed by atoms with E-state index in [0.29, 0.717) is 120 Å². The van der Waals surface area contributed by atoms with Crippen molar-refractivity contribution in [2.45, 2.75) is 73.1 Å². The normalized spacial score (nSPS) is 12.1. The SMILES string of the molecule is CC(=O)O.CCC1=C(CC)c2cc3[nH]c(cnc4cc(OCCOCCOCCOC)c(OCCOCCOCCOC)cc4ncc4nc(cc1n2)C(CCCO)=C4C)c(C)c3CCCO.[Gd+3]. The summed E-state index contributed by atoms with van der Waals surface area (Å²) in [5, 5.41) is 27.1. The number of nitrogens with one attached hydrogen (secondary N) is 1. The molecule has 17 nitrogen and oxygen atoms in total. The van der Waals surface area contributed by atoms with Crippen LogP contribution in [-0.4, -0.2) is 153 Å². The smallest absolute Gasteiger partial charge is 0.487 e. The van der Waals surface area contributed by atoms with Gasteiger partial charge in [0.2, 0.25) is 0 Å². The Morgan fingerprint density at radius 1 is 0.588 bits per heavy atom. The Morgan fingerprint density at radius 2 is 1.03 bits per heavy atom. The molecule has 4 N–H and O–H groups in total. The van der Waals surface area contributed by atoms with Crippen molar-refractivity contribution in [1.29, 1.82) is 0 Å². The van der Waals surface area contributed by atoms with Crippen LogP contribution in [0.5, 0.6) is 11.5 Å². The van der Waals surface area contributed by atoms with Gasteiger partial charge in [0.15, 0.2) is 11.5 Å². The predicted molar refractivity (Wildman–Crippen MR) is 259 cm³/mol. The van der Waals surface area contributed by atoms with Crippen LogP contribution in [-0.2, 0) is 39.6 Å². The minimum Gasteiger partial charge on any atom is -0.487 e. The first-order valence-corrected chi connectivity index (χ1v) is 23.1. The number of carbonyl (C=O) groups is 1. The molecule has 5 rings (SSSR count). The van der Waals surface area contributed by atoms with Gasteiger partial charge in [-0.2, -0.15) is 0 Å². The summed E-state index contributed by atoms with van der Waals surface area (Å²) >= 11 is 0. The topological polar surface area (TPSA) is 219 Å². The van der Waals surface area contributed by atoms with Crippen molar-refractivity contribution in [3.63, 3.8) is 0 Å². The van der Waals surface area contributed by atoms with E-state index in [1.807, 2.05) is 25.3 Å². The number of fused-ring (bicyclic) bond motifs is 7. The maximum absolute atomic E-state index is 9.86. The number of aliphatic carboxylic acids is 1. The molecule has 373 valence electrons. The monoisotopic (exact) mass is 1090 g/mol. The van der Waals surface area contributed by atoms with Crippen molar-refractivity contribution in [3.05, 3.63) is 70.6 Å². The number of H-pyrrole nitrogens is 1. The van der Waals surface area contributed by atoms with Gasteiger partial charge in [0.25, 0.3) is 5.97 Å². The molecule has 0 saturated heterocycles. The molecule has 2 aliphatic heterocycles. The second kappa shape index (κ2) is 32.9. The van der Waals surface area contributed by atoms with Crippen LogP contribution in [0.4, 0.5) is 0 Å². The summed E-state index contributed by atoms with van der Waals surface area (Å²) < 4.78 is 45.3. The molecule has 6 bridgehead atoms. The van der Waals surface area contributed by atoms with Gasteiger partial charge in [-0.05, 0) is 97.9 Å². The molecule has 3 aromatic rings. The first-order valence-electron chi connectivity index (χ1n) is 23.1.